The minimum absolute atomic E-state index is 0.678. The van der Waals surface area contributed by atoms with Gasteiger partial charge in [0, 0.05) is 17.9 Å². The quantitative estimate of drug-likeness (QED) is 0.530. The van der Waals surface area contributed by atoms with Crippen LogP contribution in [0.4, 0.5) is 0 Å². The summed E-state index contributed by atoms with van der Waals surface area (Å²) in [5, 5.41) is 0. The standard InChI is InChI=1S/C8H12N2/c1-6-3-4-8-5-9-7(2)10(6)8/h5-6H,3-4H2,1-2H3. The van der Waals surface area contributed by atoms with Crippen LogP contribution in [0.15, 0.2) is 6.20 Å². The zero-order chi connectivity index (χ0) is 7.14. The van der Waals surface area contributed by atoms with Gasteiger partial charge in [-0.1, -0.05) is 0 Å². The molecule has 54 valence electrons. The summed E-state index contributed by atoms with van der Waals surface area (Å²) < 4.78 is 2.33. The van der Waals surface area contributed by atoms with Crippen LogP contribution in [0.25, 0.3) is 0 Å². The SMILES string of the molecule is Cc1ncc2n1C(C)CC2. The molecule has 0 saturated heterocycles. The molecule has 1 unspecified atom stereocenters. The third-order valence-corrected chi connectivity index (χ3v) is 2.32. The first kappa shape index (κ1) is 5.96. The number of nitrogens with zero attached hydrogens (tertiary/aromatic N) is 2. The van der Waals surface area contributed by atoms with Gasteiger partial charge in [-0.05, 0) is 26.7 Å². The predicted molar refractivity (Wildman–Crippen MR) is 40.0 cm³/mol. The van der Waals surface area contributed by atoms with Crippen LogP contribution in [0.2, 0.25) is 0 Å². The Bertz CT molecular complexity index is 250. The fourth-order valence-corrected chi connectivity index (χ4v) is 1.77. The van der Waals surface area contributed by atoms with Crippen LogP contribution in [0.5, 0.6) is 0 Å². The molecular formula is C8H12N2. The molecule has 0 fully saturated rings. The van der Waals surface area contributed by atoms with Crippen molar-refractivity contribution in [3.05, 3.63) is 17.7 Å². The Morgan fingerprint density at radius 2 is 2.50 bits per heavy atom. The first-order valence-corrected chi connectivity index (χ1v) is 3.82. The molecule has 1 aliphatic rings. The van der Waals surface area contributed by atoms with Crippen LogP contribution in [-0.4, -0.2) is 9.55 Å². The van der Waals surface area contributed by atoms with E-state index in [1.54, 1.807) is 0 Å². The van der Waals surface area contributed by atoms with Gasteiger partial charge in [-0.15, -0.1) is 0 Å². The molecule has 0 spiro atoms. The van der Waals surface area contributed by atoms with E-state index in [1.807, 2.05) is 6.20 Å². The fraction of sp³-hybridized carbons (Fsp3) is 0.625. The Balaban J connectivity index is 2.54. The number of hydrogen-bond donors (Lipinski definition) is 0. The van der Waals surface area contributed by atoms with Crippen molar-refractivity contribution in [3.8, 4) is 0 Å². The minimum Gasteiger partial charge on any atom is -0.330 e. The summed E-state index contributed by atoms with van der Waals surface area (Å²) in [7, 11) is 0. The summed E-state index contributed by atoms with van der Waals surface area (Å²) in [5.41, 5.74) is 1.41. The molecule has 0 saturated carbocycles. The van der Waals surface area contributed by atoms with E-state index < -0.39 is 0 Å². The number of fused-ring (bicyclic) bond motifs is 1. The lowest BCUT2D eigenvalue weighted by Crippen LogP contribution is -2.00. The third-order valence-electron chi connectivity index (χ3n) is 2.32. The smallest absolute Gasteiger partial charge is 0.105 e. The van der Waals surface area contributed by atoms with Gasteiger partial charge in [0.2, 0.25) is 0 Å². The highest BCUT2D eigenvalue weighted by molar-refractivity contribution is 5.10. The summed E-state index contributed by atoms with van der Waals surface area (Å²) in [5.74, 6) is 1.17. The summed E-state index contributed by atoms with van der Waals surface area (Å²) >= 11 is 0. The summed E-state index contributed by atoms with van der Waals surface area (Å²) in [6, 6.07) is 0.678. The monoisotopic (exact) mass is 136 g/mol. The van der Waals surface area contributed by atoms with E-state index in [0.717, 1.165) is 0 Å². The second kappa shape index (κ2) is 1.84. The lowest BCUT2D eigenvalue weighted by atomic mass is 10.2. The van der Waals surface area contributed by atoms with Crippen LogP contribution >= 0.6 is 0 Å². The van der Waals surface area contributed by atoms with Crippen molar-refractivity contribution in [3.63, 3.8) is 0 Å². The molecule has 1 aliphatic heterocycles. The molecule has 2 heterocycles. The topological polar surface area (TPSA) is 17.8 Å². The predicted octanol–water partition coefficient (Wildman–Crippen LogP) is 1.70. The summed E-state index contributed by atoms with van der Waals surface area (Å²) in [6.45, 7) is 4.33. The maximum Gasteiger partial charge on any atom is 0.105 e. The van der Waals surface area contributed by atoms with Gasteiger partial charge in [0.05, 0.1) is 0 Å². The zero-order valence-corrected chi connectivity index (χ0v) is 6.46. The third kappa shape index (κ3) is 0.618. The van der Waals surface area contributed by atoms with E-state index in [9.17, 15) is 0 Å². The van der Waals surface area contributed by atoms with Gasteiger partial charge in [-0.25, -0.2) is 4.98 Å². The van der Waals surface area contributed by atoms with Crippen molar-refractivity contribution in [1.82, 2.24) is 9.55 Å². The molecule has 1 aromatic heterocycles. The van der Waals surface area contributed by atoms with Crippen molar-refractivity contribution in [2.45, 2.75) is 32.7 Å². The lowest BCUT2D eigenvalue weighted by Gasteiger charge is -2.06. The second-order valence-corrected chi connectivity index (χ2v) is 3.05. The van der Waals surface area contributed by atoms with E-state index in [2.05, 4.69) is 23.4 Å². The molecule has 0 aromatic carbocycles. The Labute approximate surface area is 60.9 Å². The van der Waals surface area contributed by atoms with E-state index in [1.165, 1.54) is 24.4 Å². The molecule has 1 aromatic rings. The van der Waals surface area contributed by atoms with Crippen molar-refractivity contribution < 1.29 is 0 Å². The van der Waals surface area contributed by atoms with Crippen LogP contribution < -0.4 is 0 Å². The first-order valence-electron chi connectivity index (χ1n) is 3.82. The summed E-state index contributed by atoms with van der Waals surface area (Å²) in [4.78, 5) is 4.25. The van der Waals surface area contributed by atoms with Gasteiger partial charge in [0.15, 0.2) is 0 Å². The Morgan fingerprint density at radius 3 is 3.20 bits per heavy atom. The largest absolute Gasteiger partial charge is 0.330 e. The van der Waals surface area contributed by atoms with Crippen LogP contribution in [0.1, 0.15) is 30.9 Å². The van der Waals surface area contributed by atoms with Crippen LogP contribution in [0, 0.1) is 6.92 Å². The molecule has 10 heavy (non-hydrogen) atoms. The molecule has 2 heteroatoms. The normalized spacial score (nSPS) is 23.2. The van der Waals surface area contributed by atoms with E-state index in [4.69, 9.17) is 0 Å². The summed E-state index contributed by atoms with van der Waals surface area (Å²) in [6.07, 6.45) is 4.50. The van der Waals surface area contributed by atoms with Gasteiger partial charge >= 0.3 is 0 Å². The molecule has 0 bridgehead atoms. The molecule has 0 aliphatic carbocycles. The number of aromatic nitrogens is 2. The first-order chi connectivity index (χ1) is 4.79. The maximum absolute atomic E-state index is 4.25. The number of rotatable bonds is 0. The van der Waals surface area contributed by atoms with Crippen molar-refractivity contribution in [1.29, 1.82) is 0 Å². The molecule has 2 nitrogen and oxygen atoms in total. The van der Waals surface area contributed by atoms with Gasteiger partial charge in [0.1, 0.15) is 5.82 Å². The fourth-order valence-electron chi connectivity index (χ4n) is 1.77. The average Bonchev–Trinajstić information content (AvgIpc) is 2.40. The molecule has 2 rings (SSSR count). The molecule has 1 atom stereocenters. The van der Waals surface area contributed by atoms with E-state index in [0.29, 0.717) is 6.04 Å². The maximum atomic E-state index is 4.25. The van der Waals surface area contributed by atoms with Crippen LogP contribution in [0.3, 0.4) is 0 Å². The highest BCUT2D eigenvalue weighted by Gasteiger charge is 2.19. The lowest BCUT2D eigenvalue weighted by molar-refractivity contribution is 0.563. The minimum atomic E-state index is 0.678. The van der Waals surface area contributed by atoms with Gasteiger partial charge in [-0.2, -0.15) is 0 Å². The number of imidazole rings is 1. The van der Waals surface area contributed by atoms with E-state index in [-0.39, 0.29) is 0 Å². The van der Waals surface area contributed by atoms with Crippen LogP contribution in [-0.2, 0) is 6.42 Å². The second-order valence-electron chi connectivity index (χ2n) is 3.05. The molecule has 0 N–H and O–H groups in total. The Morgan fingerprint density at radius 1 is 1.70 bits per heavy atom. The highest BCUT2D eigenvalue weighted by atomic mass is 15.1. The Hall–Kier alpha value is -0.790. The highest BCUT2D eigenvalue weighted by Crippen LogP contribution is 2.26. The Kier molecular flexibility index (Phi) is 1.10. The molecule has 0 amide bonds. The van der Waals surface area contributed by atoms with Gasteiger partial charge in [-0.3, -0.25) is 0 Å². The number of hydrogen-bond acceptors (Lipinski definition) is 1. The van der Waals surface area contributed by atoms with Crippen molar-refractivity contribution in [2.75, 3.05) is 0 Å². The van der Waals surface area contributed by atoms with Crippen molar-refractivity contribution in [2.24, 2.45) is 0 Å². The molecular weight excluding hydrogens is 124 g/mol. The van der Waals surface area contributed by atoms with E-state index >= 15 is 0 Å². The average molecular weight is 136 g/mol. The van der Waals surface area contributed by atoms with Crippen molar-refractivity contribution >= 4 is 0 Å². The van der Waals surface area contributed by atoms with Gasteiger partial charge in [0.25, 0.3) is 0 Å². The zero-order valence-electron chi connectivity index (χ0n) is 6.46. The number of aryl methyl sites for hydroxylation is 2. The van der Waals surface area contributed by atoms with Gasteiger partial charge < -0.3 is 4.57 Å². The molecule has 0 radical (unpaired) electrons.